The molecule has 2 heterocycles. The number of rotatable bonds is 5. The molecule has 0 aromatic carbocycles. The molecule has 1 amide bonds. The van der Waals surface area contributed by atoms with Crippen molar-refractivity contribution in [2.24, 2.45) is 5.92 Å². The van der Waals surface area contributed by atoms with Gasteiger partial charge >= 0.3 is 5.63 Å². The Balaban J connectivity index is 2.24. The van der Waals surface area contributed by atoms with E-state index in [2.05, 4.69) is 24.1 Å². The highest BCUT2D eigenvalue weighted by molar-refractivity contribution is 6.04. The first-order valence-corrected chi connectivity index (χ1v) is 8.16. The Morgan fingerprint density at radius 1 is 1.21 bits per heavy atom. The molecule has 2 aromatic rings. The van der Waals surface area contributed by atoms with Gasteiger partial charge in [-0.25, -0.2) is 9.78 Å². The summed E-state index contributed by atoms with van der Waals surface area (Å²) in [5.41, 5.74) is 1.84. The van der Waals surface area contributed by atoms with Gasteiger partial charge in [-0.15, -0.1) is 0 Å². The molecule has 0 fully saturated rings. The summed E-state index contributed by atoms with van der Waals surface area (Å²) in [7, 11) is 0. The van der Waals surface area contributed by atoms with E-state index in [1.54, 1.807) is 19.1 Å². The molecule has 0 spiro atoms. The third-order valence-electron chi connectivity index (χ3n) is 3.73. The van der Waals surface area contributed by atoms with E-state index in [1.807, 2.05) is 19.9 Å². The van der Waals surface area contributed by atoms with Crippen LogP contribution in [0.1, 0.15) is 53.2 Å². The van der Waals surface area contributed by atoms with Gasteiger partial charge in [0, 0.05) is 12.1 Å². The van der Waals surface area contributed by atoms with Crippen molar-refractivity contribution in [2.75, 3.05) is 5.32 Å². The van der Waals surface area contributed by atoms with Gasteiger partial charge in [0.05, 0.1) is 0 Å². The summed E-state index contributed by atoms with van der Waals surface area (Å²) in [6.07, 6.45) is 1.62. The van der Waals surface area contributed by atoms with E-state index >= 15 is 0 Å². The van der Waals surface area contributed by atoms with Crippen molar-refractivity contribution in [3.8, 4) is 0 Å². The molecule has 0 saturated heterocycles. The molecular formula is C19H24N2O3. The molecule has 0 saturated carbocycles. The third kappa shape index (κ3) is 4.54. The van der Waals surface area contributed by atoms with Gasteiger partial charge in [0.1, 0.15) is 17.1 Å². The Labute approximate surface area is 142 Å². The highest BCUT2D eigenvalue weighted by atomic mass is 16.4. The number of pyridine rings is 1. The van der Waals surface area contributed by atoms with E-state index < -0.39 is 11.5 Å². The second-order valence-corrected chi connectivity index (χ2v) is 6.62. The summed E-state index contributed by atoms with van der Waals surface area (Å²) in [6, 6.07) is 5.45. The molecule has 5 nitrogen and oxygen atoms in total. The monoisotopic (exact) mass is 328 g/mol. The predicted molar refractivity (Wildman–Crippen MR) is 94.5 cm³/mol. The van der Waals surface area contributed by atoms with Crippen LogP contribution in [0.5, 0.6) is 0 Å². The van der Waals surface area contributed by atoms with Gasteiger partial charge in [-0.3, -0.25) is 4.79 Å². The van der Waals surface area contributed by atoms with Crippen molar-refractivity contribution >= 4 is 11.7 Å². The number of nitrogens with one attached hydrogen (secondary N) is 1. The summed E-state index contributed by atoms with van der Waals surface area (Å²) >= 11 is 0. The third-order valence-corrected chi connectivity index (χ3v) is 3.73. The second kappa shape index (κ2) is 7.43. The summed E-state index contributed by atoms with van der Waals surface area (Å²) in [5.74, 6) is 1.08. The standard InChI is InChI=1S/C19H24N2O3/c1-11(2)6-7-15-10-13(4)17(19(23)24-15)18(22)21-16-9-12(3)8-14(5)20-16/h8-11H,6-7H2,1-5H3,(H,20,21,22). The van der Waals surface area contributed by atoms with Gasteiger partial charge in [-0.2, -0.15) is 0 Å². The molecule has 2 aromatic heterocycles. The Morgan fingerprint density at radius 2 is 1.92 bits per heavy atom. The molecule has 0 aliphatic carbocycles. The lowest BCUT2D eigenvalue weighted by Crippen LogP contribution is -2.23. The summed E-state index contributed by atoms with van der Waals surface area (Å²) in [4.78, 5) is 28.9. The molecule has 128 valence electrons. The van der Waals surface area contributed by atoms with Crippen molar-refractivity contribution in [3.63, 3.8) is 0 Å². The number of anilines is 1. The molecule has 2 rings (SSSR count). The number of hydrogen-bond acceptors (Lipinski definition) is 4. The second-order valence-electron chi connectivity index (χ2n) is 6.62. The minimum Gasteiger partial charge on any atom is -0.427 e. The Hall–Kier alpha value is -2.43. The lowest BCUT2D eigenvalue weighted by atomic mass is 10.0. The van der Waals surface area contributed by atoms with Gasteiger partial charge in [0.2, 0.25) is 0 Å². The smallest absolute Gasteiger partial charge is 0.349 e. The zero-order valence-electron chi connectivity index (χ0n) is 14.9. The lowest BCUT2D eigenvalue weighted by molar-refractivity contribution is 0.102. The minimum atomic E-state index is -0.601. The Morgan fingerprint density at radius 3 is 2.50 bits per heavy atom. The Bertz CT molecular complexity index is 786. The van der Waals surface area contributed by atoms with Crippen LogP contribution in [0.2, 0.25) is 0 Å². The van der Waals surface area contributed by atoms with Crippen LogP contribution in [-0.2, 0) is 6.42 Å². The molecule has 0 atom stereocenters. The maximum Gasteiger partial charge on any atom is 0.349 e. The maximum atomic E-state index is 12.4. The van der Waals surface area contributed by atoms with Crippen LogP contribution in [0.25, 0.3) is 0 Å². The fourth-order valence-electron chi connectivity index (χ4n) is 2.58. The van der Waals surface area contributed by atoms with Crippen LogP contribution in [0, 0.1) is 26.7 Å². The number of hydrogen-bond donors (Lipinski definition) is 1. The number of carbonyl (C=O) groups is 1. The molecule has 0 unspecified atom stereocenters. The van der Waals surface area contributed by atoms with Crippen LogP contribution in [0.3, 0.4) is 0 Å². The number of carbonyl (C=O) groups excluding carboxylic acids is 1. The average molecular weight is 328 g/mol. The van der Waals surface area contributed by atoms with Gasteiger partial charge in [-0.05, 0) is 62.4 Å². The molecule has 0 bridgehead atoms. The molecule has 0 aliphatic rings. The van der Waals surface area contributed by atoms with E-state index in [0.29, 0.717) is 29.5 Å². The number of aromatic nitrogens is 1. The van der Waals surface area contributed by atoms with Gasteiger partial charge in [0.15, 0.2) is 0 Å². The first kappa shape index (κ1) is 17.9. The number of nitrogens with zero attached hydrogens (tertiary/aromatic N) is 1. The van der Waals surface area contributed by atoms with E-state index in [1.165, 1.54) is 0 Å². The van der Waals surface area contributed by atoms with Crippen molar-refractivity contribution in [1.29, 1.82) is 0 Å². The van der Waals surface area contributed by atoms with Gasteiger partial charge < -0.3 is 9.73 Å². The minimum absolute atomic E-state index is 0.0317. The number of amides is 1. The van der Waals surface area contributed by atoms with Crippen molar-refractivity contribution in [3.05, 3.63) is 56.8 Å². The Kier molecular flexibility index (Phi) is 5.54. The summed E-state index contributed by atoms with van der Waals surface area (Å²) in [6.45, 7) is 9.76. The van der Waals surface area contributed by atoms with Crippen LogP contribution in [0.4, 0.5) is 5.82 Å². The zero-order chi connectivity index (χ0) is 17.9. The average Bonchev–Trinajstić information content (AvgIpc) is 2.43. The van der Waals surface area contributed by atoms with E-state index in [4.69, 9.17) is 4.42 Å². The SMILES string of the molecule is Cc1cc(C)nc(NC(=O)c2c(C)cc(CCC(C)C)oc2=O)c1. The molecular weight excluding hydrogens is 304 g/mol. The van der Waals surface area contributed by atoms with Crippen molar-refractivity contribution in [1.82, 2.24) is 4.98 Å². The highest BCUT2D eigenvalue weighted by Gasteiger charge is 2.17. The molecule has 1 N–H and O–H groups in total. The lowest BCUT2D eigenvalue weighted by Gasteiger charge is -2.09. The van der Waals surface area contributed by atoms with Crippen LogP contribution >= 0.6 is 0 Å². The molecule has 24 heavy (non-hydrogen) atoms. The fraction of sp³-hybridized carbons (Fsp3) is 0.421. The van der Waals surface area contributed by atoms with Crippen LogP contribution in [-0.4, -0.2) is 10.9 Å². The normalized spacial score (nSPS) is 10.9. The highest BCUT2D eigenvalue weighted by Crippen LogP contribution is 2.14. The summed E-state index contributed by atoms with van der Waals surface area (Å²) < 4.78 is 5.31. The van der Waals surface area contributed by atoms with E-state index in [-0.39, 0.29) is 5.56 Å². The largest absolute Gasteiger partial charge is 0.427 e. The predicted octanol–water partition coefficient (Wildman–Crippen LogP) is 3.80. The van der Waals surface area contributed by atoms with E-state index in [0.717, 1.165) is 17.7 Å². The van der Waals surface area contributed by atoms with Crippen molar-refractivity contribution in [2.45, 2.75) is 47.5 Å². The molecule has 0 radical (unpaired) electrons. The topological polar surface area (TPSA) is 72.2 Å². The molecule has 0 aliphatic heterocycles. The summed E-state index contributed by atoms with van der Waals surface area (Å²) in [5, 5.41) is 2.68. The van der Waals surface area contributed by atoms with Gasteiger partial charge in [0.25, 0.3) is 5.91 Å². The van der Waals surface area contributed by atoms with Crippen molar-refractivity contribution < 1.29 is 9.21 Å². The van der Waals surface area contributed by atoms with Crippen LogP contribution < -0.4 is 10.9 Å². The number of aryl methyl sites for hydroxylation is 4. The first-order valence-electron chi connectivity index (χ1n) is 8.16. The fourth-order valence-corrected chi connectivity index (χ4v) is 2.58. The quantitative estimate of drug-likeness (QED) is 0.906. The van der Waals surface area contributed by atoms with Crippen LogP contribution in [0.15, 0.2) is 27.4 Å². The van der Waals surface area contributed by atoms with Gasteiger partial charge in [-0.1, -0.05) is 13.8 Å². The zero-order valence-corrected chi connectivity index (χ0v) is 14.9. The molecule has 5 heteroatoms. The first-order chi connectivity index (χ1) is 11.3. The maximum absolute atomic E-state index is 12.4. The van der Waals surface area contributed by atoms with E-state index in [9.17, 15) is 9.59 Å².